The first kappa shape index (κ1) is 12.2. The number of nitrogens with zero attached hydrogens (tertiary/aromatic N) is 1. The average Bonchev–Trinajstić information content (AvgIpc) is 2.85. The van der Waals surface area contributed by atoms with Crippen molar-refractivity contribution in [2.75, 3.05) is 0 Å². The fourth-order valence-electron chi connectivity index (χ4n) is 2.72. The molecule has 0 radical (unpaired) electrons. The van der Waals surface area contributed by atoms with Gasteiger partial charge in [0, 0.05) is 18.6 Å². The van der Waals surface area contributed by atoms with Gasteiger partial charge in [-0.05, 0) is 42.0 Å². The number of aromatic nitrogens is 1. The standard InChI is InChI=1S/C18H20N/c1-15-10-13-19(14-11-15)12-4-6-17-9-8-16-5-2-3-7-18(16)17/h2-3,5,7,9-11,13-14H,4,6,8,12H2,1H3/q+1. The van der Waals surface area contributed by atoms with Crippen molar-refractivity contribution >= 4 is 5.57 Å². The second-order valence-electron chi connectivity index (χ2n) is 5.31. The molecule has 1 aliphatic rings. The van der Waals surface area contributed by atoms with Crippen molar-refractivity contribution in [1.82, 2.24) is 0 Å². The highest BCUT2D eigenvalue weighted by Crippen LogP contribution is 2.30. The van der Waals surface area contributed by atoms with Crippen LogP contribution in [0.3, 0.4) is 0 Å². The molecule has 0 aliphatic heterocycles. The summed E-state index contributed by atoms with van der Waals surface area (Å²) in [6, 6.07) is 13.1. The molecular weight excluding hydrogens is 230 g/mol. The van der Waals surface area contributed by atoms with Gasteiger partial charge < -0.3 is 0 Å². The van der Waals surface area contributed by atoms with Crippen LogP contribution in [0.1, 0.15) is 29.5 Å². The minimum Gasteiger partial charge on any atom is -0.205 e. The van der Waals surface area contributed by atoms with E-state index in [0.717, 1.165) is 13.0 Å². The first-order chi connectivity index (χ1) is 9.33. The van der Waals surface area contributed by atoms with Gasteiger partial charge in [0.15, 0.2) is 12.4 Å². The highest BCUT2D eigenvalue weighted by atomic mass is 14.9. The van der Waals surface area contributed by atoms with Crippen molar-refractivity contribution in [3.8, 4) is 0 Å². The molecule has 1 aliphatic carbocycles. The molecule has 0 saturated heterocycles. The van der Waals surface area contributed by atoms with Gasteiger partial charge in [0.1, 0.15) is 6.54 Å². The SMILES string of the molecule is Cc1cc[n+](CCCC2=CCc3ccccc32)cc1. The average molecular weight is 250 g/mol. The zero-order valence-corrected chi connectivity index (χ0v) is 11.5. The van der Waals surface area contributed by atoms with Crippen LogP contribution in [-0.2, 0) is 13.0 Å². The Kier molecular flexibility index (Phi) is 3.45. The summed E-state index contributed by atoms with van der Waals surface area (Å²) < 4.78 is 2.27. The van der Waals surface area contributed by atoms with Crippen molar-refractivity contribution in [3.63, 3.8) is 0 Å². The summed E-state index contributed by atoms with van der Waals surface area (Å²) in [6.07, 6.45) is 10.2. The van der Waals surface area contributed by atoms with Crippen LogP contribution in [0.15, 0.2) is 54.9 Å². The third kappa shape index (κ3) is 2.76. The lowest BCUT2D eigenvalue weighted by molar-refractivity contribution is -0.697. The van der Waals surface area contributed by atoms with Crippen LogP contribution >= 0.6 is 0 Å². The summed E-state index contributed by atoms with van der Waals surface area (Å²) >= 11 is 0. The molecule has 3 rings (SSSR count). The molecular formula is C18H20N+. The smallest absolute Gasteiger partial charge is 0.169 e. The Labute approximate surface area is 115 Å². The van der Waals surface area contributed by atoms with Crippen molar-refractivity contribution < 1.29 is 4.57 Å². The van der Waals surface area contributed by atoms with Gasteiger partial charge in [-0.3, -0.25) is 0 Å². The Balaban J connectivity index is 1.58. The van der Waals surface area contributed by atoms with E-state index in [1.807, 2.05) is 0 Å². The molecule has 0 bridgehead atoms. The lowest BCUT2D eigenvalue weighted by Gasteiger charge is -2.04. The minimum atomic E-state index is 1.10. The van der Waals surface area contributed by atoms with E-state index >= 15 is 0 Å². The first-order valence-electron chi connectivity index (χ1n) is 7.06. The van der Waals surface area contributed by atoms with Crippen LogP contribution in [0, 0.1) is 6.92 Å². The van der Waals surface area contributed by atoms with Crippen molar-refractivity contribution in [2.45, 2.75) is 32.7 Å². The summed E-state index contributed by atoms with van der Waals surface area (Å²) in [5.41, 5.74) is 5.81. The molecule has 1 heteroatoms. The van der Waals surface area contributed by atoms with Gasteiger partial charge in [-0.25, -0.2) is 4.57 Å². The molecule has 2 aromatic rings. The van der Waals surface area contributed by atoms with Gasteiger partial charge in [0.2, 0.25) is 0 Å². The fourth-order valence-corrected chi connectivity index (χ4v) is 2.72. The number of benzene rings is 1. The number of allylic oxidation sites excluding steroid dienone is 2. The number of rotatable bonds is 4. The summed E-state index contributed by atoms with van der Waals surface area (Å²) in [7, 11) is 0. The number of hydrogen-bond donors (Lipinski definition) is 0. The van der Waals surface area contributed by atoms with E-state index in [0.29, 0.717) is 0 Å². The van der Waals surface area contributed by atoms with Gasteiger partial charge in [0.05, 0.1) is 0 Å². The maximum absolute atomic E-state index is 2.39. The number of hydrogen-bond acceptors (Lipinski definition) is 0. The van der Waals surface area contributed by atoms with Gasteiger partial charge in [0.25, 0.3) is 0 Å². The lowest BCUT2D eigenvalue weighted by Crippen LogP contribution is -2.32. The molecule has 19 heavy (non-hydrogen) atoms. The molecule has 0 fully saturated rings. The van der Waals surface area contributed by atoms with Gasteiger partial charge >= 0.3 is 0 Å². The van der Waals surface area contributed by atoms with Gasteiger partial charge in [-0.15, -0.1) is 0 Å². The van der Waals surface area contributed by atoms with E-state index in [2.05, 4.69) is 66.4 Å². The van der Waals surface area contributed by atoms with Crippen LogP contribution in [0.25, 0.3) is 5.57 Å². The topological polar surface area (TPSA) is 3.88 Å². The molecule has 0 atom stereocenters. The predicted octanol–water partition coefficient (Wildman–Crippen LogP) is 3.70. The number of aryl methyl sites for hydroxylation is 2. The van der Waals surface area contributed by atoms with E-state index in [1.54, 1.807) is 0 Å². The summed E-state index contributed by atoms with van der Waals surface area (Å²) in [5, 5.41) is 0. The fraction of sp³-hybridized carbons (Fsp3) is 0.278. The molecule has 1 aromatic heterocycles. The molecule has 0 amide bonds. The molecule has 1 aromatic carbocycles. The Bertz CT molecular complexity index is 593. The minimum absolute atomic E-state index is 1.10. The van der Waals surface area contributed by atoms with Crippen LogP contribution in [0.5, 0.6) is 0 Å². The summed E-state index contributed by atoms with van der Waals surface area (Å²) in [5.74, 6) is 0. The van der Waals surface area contributed by atoms with Gasteiger partial charge in [-0.2, -0.15) is 0 Å². The Morgan fingerprint density at radius 1 is 1.05 bits per heavy atom. The highest BCUT2D eigenvalue weighted by molar-refractivity contribution is 5.72. The van der Waals surface area contributed by atoms with E-state index < -0.39 is 0 Å². The monoisotopic (exact) mass is 250 g/mol. The molecule has 1 nitrogen and oxygen atoms in total. The largest absolute Gasteiger partial charge is 0.205 e. The van der Waals surface area contributed by atoms with E-state index in [-0.39, 0.29) is 0 Å². The van der Waals surface area contributed by atoms with E-state index in [4.69, 9.17) is 0 Å². The lowest BCUT2D eigenvalue weighted by atomic mass is 10.0. The van der Waals surface area contributed by atoms with E-state index in [1.165, 1.54) is 35.1 Å². The van der Waals surface area contributed by atoms with Crippen LogP contribution < -0.4 is 4.57 Å². The third-order valence-electron chi connectivity index (χ3n) is 3.85. The number of pyridine rings is 1. The highest BCUT2D eigenvalue weighted by Gasteiger charge is 2.13. The zero-order chi connectivity index (χ0) is 13.1. The van der Waals surface area contributed by atoms with Gasteiger partial charge in [-0.1, -0.05) is 30.3 Å². The van der Waals surface area contributed by atoms with Crippen LogP contribution in [-0.4, -0.2) is 0 Å². The van der Waals surface area contributed by atoms with Crippen molar-refractivity contribution in [3.05, 3.63) is 71.6 Å². The summed E-state index contributed by atoms with van der Waals surface area (Å²) in [6.45, 7) is 3.23. The third-order valence-corrected chi connectivity index (χ3v) is 3.85. The van der Waals surface area contributed by atoms with E-state index in [9.17, 15) is 0 Å². The molecule has 96 valence electrons. The zero-order valence-electron chi connectivity index (χ0n) is 11.5. The second-order valence-corrected chi connectivity index (χ2v) is 5.31. The molecule has 0 N–H and O–H groups in total. The molecule has 0 saturated carbocycles. The Hall–Kier alpha value is -1.89. The summed E-state index contributed by atoms with van der Waals surface area (Å²) in [4.78, 5) is 0. The maximum atomic E-state index is 2.39. The molecule has 0 unspecified atom stereocenters. The normalized spacial score (nSPS) is 13.2. The van der Waals surface area contributed by atoms with Crippen LogP contribution in [0.4, 0.5) is 0 Å². The molecule has 1 heterocycles. The van der Waals surface area contributed by atoms with Crippen molar-refractivity contribution in [1.29, 1.82) is 0 Å². The number of fused-ring (bicyclic) bond motifs is 1. The Morgan fingerprint density at radius 2 is 1.84 bits per heavy atom. The second kappa shape index (κ2) is 5.40. The quantitative estimate of drug-likeness (QED) is 0.728. The predicted molar refractivity (Wildman–Crippen MR) is 78.7 cm³/mol. The van der Waals surface area contributed by atoms with Crippen LogP contribution in [0.2, 0.25) is 0 Å². The maximum Gasteiger partial charge on any atom is 0.169 e. The Morgan fingerprint density at radius 3 is 2.68 bits per heavy atom. The first-order valence-corrected chi connectivity index (χ1v) is 7.06. The molecule has 0 spiro atoms. The van der Waals surface area contributed by atoms with Crippen molar-refractivity contribution in [2.24, 2.45) is 0 Å².